The highest BCUT2D eigenvalue weighted by Crippen LogP contribution is 2.30. The summed E-state index contributed by atoms with van der Waals surface area (Å²) < 4.78 is 15.7. The minimum atomic E-state index is -0.599. The fourth-order valence-corrected chi connectivity index (χ4v) is 2.10. The van der Waals surface area contributed by atoms with Crippen LogP contribution in [0.15, 0.2) is 22.6 Å². The van der Waals surface area contributed by atoms with Crippen molar-refractivity contribution >= 4 is 28.7 Å². The number of benzene rings is 1. The van der Waals surface area contributed by atoms with Gasteiger partial charge in [-0.05, 0) is 46.2 Å². The molecule has 23 heavy (non-hydrogen) atoms. The molecule has 6 nitrogen and oxygen atoms in total. The summed E-state index contributed by atoms with van der Waals surface area (Å²) in [6.07, 6.45) is -0.563. The van der Waals surface area contributed by atoms with Gasteiger partial charge in [0.1, 0.15) is 11.2 Å². The van der Waals surface area contributed by atoms with Gasteiger partial charge in [0.2, 0.25) is 5.76 Å². The van der Waals surface area contributed by atoms with Crippen LogP contribution in [-0.2, 0) is 9.47 Å². The number of hydrogen-bond acceptors (Lipinski definition) is 5. The molecule has 0 unspecified atom stereocenters. The molecule has 2 aromatic rings. The Labute approximate surface area is 134 Å². The Kier molecular flexibility index (Phi) is 4.63. The van der Waals surface area contributed by atoms with E-state index < -0.39 is 17.7 Å². The molecule has 0 fully saturated rings. The minimum Gasteiger partial charge on any atom is -0.460 e. The second-order valence-electron chi connectivity index (χ2n) is 6.13. The Balaban J connectivity index is 2.37. The molecule has 0 aliphatic carbocycles. The molecule has 1 aromatic heterocycles. The number of rotatable bonds is 3. The van der Waals surface area contributed by atoms with E-state index in [1.165, 1.54) is 0 Å². The lowest BCUT2D eigenvalue weighted by Crippen LogP contribution is -2.27. The molecular weight excluding hydrogens is 298 g/mol. The van der Waals surface area contributed by atoms with Crippen molar-refractivity contribution in [1.29, 1.82) is 0 Å². The minimum absolute atomic E-state index is 0.0969. The number of nitrogens with one attached hydrogen (secondary N) is 1. The van der Waals surface area contributed by atoms with Gasteiger partial charge in [-0.3, -0.25) is 5.32 Å². The molecule has 0 atom stereocenters. The highest BCUT2D eigenvalue weighted by molar-refractivity contribution is 6.03. The fraction of sp³-hybridized carbons (Fsp3) is 0.412. The van der Waals surface area contributed by atoms with Crippen LogP contribution >= 0.6 is 0 Å². The molecule has 0 aliphatic rings. The van der Waals surface area contributed by atoms with Gasteiger partial charge in [-0.1, -0.05) is 6.07 Å². The van der Waals surface area contributed by atoms with Crippen LogP contribution in [0.4, 0.5) is 10.5 Å². The number of aryl methyl sites for hydroxylation is 1. The monoisotopic (exact) mass is 319 g/mol. The second-order valence-corrected chi connectivity index (χ2v) is 6.13. The first kappa shape index (κ1) is 16.9. The van der Waals surface area contributed by atoms with Crippen molar-refractivity contribution in [3.63, 3.8) is 0 Å². The van der Waals surface area contributed by atoms with E-state index in [0.717, 1.165) is 5.56 Å². The summed E-state index contributed by atoms with van der Waals surface area (Å²) >= 11 is 0. The molecule has 0 saturated heterocycles. The summed E-state index contributed by atoms with van der Waals surface area (Å²) in [6, 6.07) is 5.11. The number of ether oxygens (including phenoxy) is 2. The van der Waals surface area contributed by atoms with E-state index in [4.69, 9.17) is 13.9 Å². The molecule has 0 radical (unpaired) electrons. The average molecular weight is 319 g/mol. The van der Waals surface area contributed by atoms with E-state index in [2.05, 4.69) is 5.32 Å². The zero-order valence-corrected chi connectivity index (χ0v) is 14.0. The van der Waals surface area contributed by atoms with Crippen LogP contribution in [0.2, 0.25) is 0 Å². The maximum atomic E-state index is 12.0. The van der Waals surface area contributed by atoms with E-state index in [-0.39, 0.29) is 12.4 Å². The van der Waals surface area contributed by atoms with Gasteiger partial charge in [-0.2, -0.15) is 0 Å². The van der Waals surface area contributed by atoms with Crippen LogP contribution in [-0.4, -0.2) is 24.3 Å². The quantitative estimate of drug-likeness (QED) is 0.855. The highest BCUT2D eigenvalue weighted by Gasteiger charge is 2.20. The number of amides is 1. The number of furan rings is 1. The van der Waals surface area contributed by atoms with Crippen LogP contribution < -0.4 is 5.32 Å². The Morgan fingerprint density at radius 2 is 1.96 bits per heavy atom. The zero-order chi connectivity index (χ0) is 17.2. The van der Waals surface area contributed by atoms with Crippen LogP contribution in [0.3, 0.4) is 0 Å². The third kappa shape index (κ3) is 4.03. The first-order valence-corrected chi connectivity index (χ1v) is 7.41. The molecule has 6 heteroatoms. The second kappa shape index (κ2) is 6.32. The normalized spacial score (nSPS) is 11.3. The molecule has 0 bridgehead atoms. The summed E-state index contributed by atoms with van der Waals surface area (Å²) in [5.74, 6) is -0.441. The maximum Gasteiger partial charge on any atom is 0.412 e. The summed E-state index contributed by atoms with van der Waals surface area (Å²) in [7, 11) is 0. The lowest BCUT2D eigenvalue weighted by Gasteiger charge is -2.20. The largest absolute Gasteiger partial charge is 0.460 e. The average Bonchev–Trinajstić information content (AvgIpc) is 2.85. The Bertz CT molecular complexity index is 739. The molecule has 0 spiro atoms. The van der Waals surface area contributed by atoms with Crippen molar-refractivity contribution in [2.24, 2.45) is 0 Å². The van der Waals surface area contributed by atoms with Crippen LogP contribution in [0.5, 0.6) is 0 Å². The molecule has 0 aliphatic heterocycles. The SMILES string of the molecule is CCOC(=O)c1cc2c(NC(=O)OC(C)(C)C)c(C)ccc2o1. The molecular formula is C17H21NO5. The predicted molar refractivity (Wildman–Crippen MR) is 86.8 cm³/mol. The summed E-state index contributed by atoms with van der Waals surface area (Å²) in [5.41, 5.74) is 1.28. The first-order chi connectivity index (χ1) is 10.7. The van der Waals surface area contributed by atoms with Crippen molar-refractivity contribution in [1.82, 2.24) is 0 Å². The Morgan fingerprint density at radius 1 is 1.26 bits per heavy atom. The van der Waals surface area contributed by atoms with Crippen molar-refractivity contribution in [3.05, 3.63) is 29.5 Å². The van der Waals surface area contributed by atoms with Crippen LogP contribution in [0, 0.1) is 6.92 Å². The van der Waals surface area contributed by atoms with Crippen molar-refractivity contribution < 1.29 is 23.5 Å². The Morgan fingerprint density at radius 3 is 2.57 bits per heavy atom. The molecule has 2 rings (SSSR count). The van der Waals surface area contributed by atoms with Crippen LogP contribution in [0.1, 0.15) is 43.8 Å². The first-order valence-electron chi connectivity index (χ1n) is 7.41. The van der Waals surface area contributed by atoms with Gasteiger partial charge in [0.05, 0.1) is 12.3 Å². The molecule has 1 heterocycles. The Hall–Kier alpha value is -2.50. The van der Waals surface area contributed by atoms with Gasteiger partial charge in [0.25, 0.3) is 0 Å². The highest BCUT2D eigenvalue weighted by atomic mass is 16.6. The smallest absolute Gasteiger partial charge is 0.412 e. The van der Waals surface area contributed by atoms with E-state index >= 15 is 0 Å². The van der Waals surface area contributed by atoms with E-state index in [1.54, 1.807) is 45.9 Å². The van der Waals surface area contributed by atoms with Gasteiger partial charge >= 0.3 is 12.1 Å². The molecule has 124 valence electrons. The number of anilines is 1. The summed E-state index contributed by atoms with van der Waals surface area (Å²) in [6.45, 7) is 9.20. The van der Waals surface area contributed by atoms with E-state index in [9.17, 15) is 9.59 Å². The van der Waals surface area contributed by atoms with Gasteiger partial charge in [0, 0.05) is 11.5 Å². The molecule has 1 aromatic carbocycles. The third-order valence-corrected chi connectivity index (χ3v) is 3.01. The van der Waals surface area contributed by atoms with E-state index in [0.29, 0.717) is 16.7 Å². The third-order valence-electron chi connectivity index (χ3n) is 3.01. The zero-order valence-electron chi connectivity index (χ0n) is 14.0. The number of carbonyl (C=O) groups is 2. The van der Waals surface area contributed by atoms with E-state index in [1.807, 2.05) is 6.92 Å². The number of hydrogen-bond donors (Lipinski definition) is 1. The molecule has 0 saturated carbocycles. The topological polar surface area (TPSA) is 77.8 Å². The van der Waals surface area contributed by atoms with Gasteiger partial charge in [-0.15, -0.1) is 0 Å². The summed E-state index contributed by atoms with van der Waals surface area (Å²) in [4.78, 5) is 23.8. The fourth-order valence-electron chi connectivity index (χ4n) is 2.10. The molecule has 1 N–H and O–H groups in total. The predicted octanol–water partition coefficient (Wildman–Crippen LogP) is 4.26. The van der Waals surface area contributed by atoms with Crippen molar-refractivity contribution in [2.75, 3.05) is 11.9 Å². The number of carbonyl (C=O) groups excluding carboxylic acids is 2. The van der Waals surface area contributed by atoms with Gasteiger partial charge in [-0.25, -0.2) is 9.59 Å². The number of fused-ring (bicyclic) bond motifs is 1. The van der Waals surface area contributed by atoms with Crippen molar-refractivity contribution in [3.8, 4) is 0 Å². The summed E-state index contributed by atoms with van der Waals surface area (Å²) in [5, 5.41) is 3.34. The van der Waals surface area contributed by atoms with Gasteiger partial charge in [0.15, 0.2) is 0 Å². The van der Waals surface area contributed by atoms with Crippen molar-refractivity contribution in [2.45, 2.75) is 40.2 Å². The van der Waals surface area contributed by atoms with Gasteiger partial charge < -0.3 is 13.9 Å². The standard InChI is InChI=1S/C17H21NO5/c1-6-21-15(19)13-9-11-12(22-13)8-7-10(2)14(11)18-16(20)23-17(3,4)5/h7-9H,6H2,1-5H3,(H,18,20). The molecule has 1 amide bonds. The van der Waals surface area contributed by atoms with Crippen LogP contribution in [0.25, 0.3) is 11.0 Å². The lowest BCUT2D eigenvalue weighted by atomic mass is 10.1. The lowest BCUT2D eigenvalue weighted by molar-refractivity contribution is 0.0492. The maximum absolute atomic E-state index is 12.0. The number of esters is 1.